The standard InChI is InChI=1S/C18H17F3N4O3S/c1-7-4-5-9-8(6-7)12(24-16(22-9)18(19,20)21)23-10-13(26)25-11(15(27)28)17(2,3)29-14(10)25/h4-6,10-11,14H,1-3H3,(H,27,28)(H,22,23,24). The summed E-state index contributed by atoms with van der Waals surface area (Å²) < 4.78 is 39.0. The summed E-state index contributed by atoms with van der Waals surface area (Å²) in [6.45, 7) is 5.23. The first kappa shape index (κ1) is 19.7. The van der Waals surface area contributed by atoms with Gasteiger partial charge in [0.15, 0.2) is 0 Å². The molecule has 2 aromatic rings. The molecule has 154 valence electrons. The Labute approximate surface area is 167 Å². The van der Waals surface area contributed by atoms with E-state index in [-0.39, 0.29) is 11.3 Å². The van der Waals surface area contributed by atoms with Crippen LogP contribution in [0.3, 0.4) is 0 Å². The summed E-state index contributed by atoms with van der Waals surface area (Å²) in [5, 5.41) is 12.2. The number of halogens is 3. The van der Waals surface area contributed by atoms with Gasteiger partial charge in [0.1, 0.15) is 23.3 Å². The summed E-state index contributed by atoms with van der Waals surface area (Å²) in [4.78, 5) is 32.8. The molecule has 2 aliphatic heterocycles. The molecule has 3 atom stereocenters. The lowest BCUT2D eigenvalue weighted by molar-refractivity contribution is -0.158. The number of β-lactam (4-membered cyclic amide) rings is 1. The van der Waals surface area contributed by atoms with E-state index < -0.39 is 46.1 Å². The number of carboxylic acids is 1. The molecule has 2 N–H and O–H groups in total. The van der Waals surface area contributed by atoms with E-state index in [0.29, 0.717) is 5.39 Å². The van der Waals surface area contributed by atoms with E-state index in [1.165, 1.54) is 22.7 Å². The average Bonchev–Trinajstić information content (AvgIpc) is 2.86. The molecule has 1 amide bonds. The molecule has 0 spiro atoms. The minimum atomic E-state index is -4.75. The first-order valence-corrected chi connectivity index (χ1v) is 9.63. The number of alkyl halides is 3. The van der Waals surface area contributed by atoms with E-state index in [1.807, 2.05) is 0 Å². The second-order valence-electron chi connectivity index (χ2n) is 7.63. The van der Waals surface area contributed by atoms with Crippen molar-refractivity contribution in [2.75, 3.05) is 5.32 Å². The topological polar surface area (TPSA) is 95.4 Å². The number of thioether (sulfide) groups is 1. The number of nitrogens with zero attached hydrogens (tertiary/aromatic N) is 3. The highest BCUT2D eigenvalue weighted by Gasteiger charge is 2.64. The number of rotatable bonds is 3. The minimum Gasteiger partial charge on any atom is -0.480 e. The van der Waals surface area contributed by atoms with Gasteiger partial charge < -0.3 is 15.3 Å². The Hall–Kier alpha value is -2.56. The van der Waals surface area contributed by atoms with Gasteiger partial charge in [-0.25, -0.2) is 14.8 Å². The third-order valence-electron chi connectivity index (χ3n) is 5.07. The maximum atomic E-state index is 13.2. The van der Waals surface area contributed by atoms with Crippen molar-refractivity contribution in [3.05, 3.63) is 29.6 Å². The van der Waals surface area contributed by atoms with Crippen molar-refractivity contribution in [1.29, 1.82) is 0 Å². The number of carbonyl (C=O) groups is 2. The van der Waals surface area contributed by atoms with Gasteiger partial charge in [-0.1, -0.05) is 11.6 Å². The first-order chi connectivity index (χ1) is 13.4. The van der Waals surface area contributed by atoms with Crippen LogP contribution in [0.1, 0.15) is 25.2 Å². The highest BCUT2D eigenvalue weighted by molar-refractivity contribution is 8.01. The van der Waals surface area contributed by atoms with E-state index in [1.54, 1.807) is 32.9 Å². The number of aromatic nitrogens is 2. The molecule has 0 bridgehead atoms. The van der Waals surface area contributed by atoms with E-state index in [4.69, 9.17) is 0 Å². The van der Waals surface area contributed by atoms with Crippen molar-refractivity contribution >= 4 is 40.4 Å². The van der Waals surface area contributed by atoms with Crippen LogP contribution in [-0.2, 0) is 15.8 Å². The normalized spacial score (nSPS) is 25.7. The van der Waals surface area contributed by atoms with Crippen molar-refractivity contribution < 1.29 is 27.9 Å². The molecule has 1 aromatic carbocycles. The van der Waals surface area contributed by atoms with Crippen molar-refractivity contribution in [3.63, 3.8) is 0 Å². The van der Waals surface area contributed by atoms with Crippen LogP contribution in [0.15, 0.2) is 18.2 Å². The molecule has 2 aliphatic rings. The molecule has 0 radical (unpaired) electrons. The van der Waals surface area contributed by atoms with Crippen LogP contribution in [0.4, 0.5) is 19.0 Å². The molecule has 0 aliphatic carbocycles. The molecule has 2 saturated heterocycles. The predicted molar refractivity (Wildman–Crippen MR) is 100 cm³/mol. The molecule has 4 rings (SSSR count). The molecule has 7 nitrogen and oxygen atoms in total. The largest absolute Gasteiger partial charge is 0.480 e. The van der Waals surface area contributed by atoms with Crippen LogP contribution in [0, 0.1) is 6.92 Å². The fourth-order valence-corrected chi connectivity index (χ4v) is 5.40. The zero-order valence-electron chi connectivity index (χ0n) is 15.6. The first-order valence-electron chi connectivity index (χ1n) is 8.75. The summed E-state index contributed by atoms with van der Waals surface area (Å²) in [6.07, 6.45) is -4.75. The molecule has 11 heteroatoms. The van der Waals surface area contributed by atoms with Crippen LogP contribution >= 0.6 is 11.8 Å². The zero-order valence-corrected chi connectivity index (χ0v) is 16.4. The van der Waals surface area contributed by atoms with Gasteiger partial charge in [-0.15, -0.1) is 11.8 Å². The maximum absolute atomic E-state index is 13.2. The smallest absolute Gasteiger partial charge is 0.451 e. The Balaban J connectivity index is 1.73. The molecule has 29 heavy (non-hydrogen) atoms. The molecule has 0 saturated carbocycles. The van der Waals surface area contributed by atoms with E-state index >= 15 is 0 Å². The maximum Gasteiger partial charge on any atom is 0.451 e. The number of hydrogen-bond donors (Lipinski definition) is 2. The highest BCUT2D eigenvalue weighted by Crippen LogP contribution is 2.51. The van der Waals surface area contributed by atoms with Gasteiger partial charge in [0.05, 0.1) is 5.52 Å². The number of hydrogen-bond acceptors (Lipinski definition) is 6. The molecular weight excluding hydrogens is 409 g/mol. The van der Waals surface area contributed by atoms with Crippen LogP contribution in [-0.4, -0.2) is 54.1 Å². The Morgan fingerprint density at radius 3 is 2.62 bits per heavy atom. The third kappa shape index (κ3) is 3.07. The summed E-state index contributed by atoms with van der Waals surface area (Å²) in [5.41, 5.74) is 0.902. The monoisotopic (exact) mass is 426 g/mol. The van der Waals surface area contributed by atoms with Crippen molar-refractivity contribution in [2.45, 2.75) is 49.2 Å². The lowest BCUT2D eigenvalue weighted by Gasteiger charge is -2.43. The number of aliphatic carboxylic acids is 1. The number of nitrogens with one attached hydrogen (secondary N) is 1. The number of benzene rings is 1. The Morgan fingerprint density at radius 1 is 1.31 bits per heavy atom. The average molecular weight is 426 g/mol. The lowest BCUT2D eigenvalue weighted by Crippen LogP contribution is -2.68. The number of carboxylic acid groups (broad SMARTS) is 1. The third-order valence-corrected chi connectivity index (χ3v) is 6.64. The summed E-state index contributed by atoms with van der Waals surface area (Å²) in [7, 11) is 0. The number of fused-ring (bicyclic) bond motifs is 2. The number of amides is 1. The van der Waals surface area contributed by atoms with Crippen molar-refractivity contribution in [2.24, 2.45) is 0 Å². The number of anilines is 1. The van der Waals surface area contributed by atoms with Gasteiger partial charge in [0, 0.05) is 10.1 Å². The van der Waals surface area contributed by atoms with E-state index in [2.05, 4.69) is 15.3 Å². The van der Waals surface area contributed by atoms with Gasteiger partial charge >= 0.3 is 12.1 Å². The van der Waals surface area contributed by atoms with Crippen LogP contribution in [0.5, 0.6) is 0 Å². The lowest BCUT2D eigenvalue weighted by atomic mass is 9.96. The van der Waals surface area contributed by atoms with Crippen molar-refractivity contribution in [1.82, 2.24) is 14.9 Å². The molecule has 2 fully saturated rings. The summed E-state index contributed by atoms with van der Waals surface area (Å²) in [5.74, 6) is -2.99. The second-order valence-corrected chi connectivity index (χ2v) is 9.41. The fraction of sp³-hybridized carbons (Fsp3) is 0.444. The molecule has 1 aromatic heterocycles. The van der Waals surface area contributed by atoms with Crippen molar-refractivity contribution in [3.8, 4) is 0 Å². The van der Waals surface area contributed by atoms with E-state index in [0.717, 1.165) is 5.56 Å². The number of aryl methyl sites for hydroxylation is 1. The highest BCUT2D eigenvalue weighted by atomic mass is 32.2. The SMILES string of the molecule is Cc1ccc2nc(C(F)(F)F)nc(NC3C(=O)N4C3SC(C)(C)C4C(=O)O)c2c1. The molecule has 3 unspecified atom stereocenters. The Morgan fingerprint density at radius 2 is 2.00 bits per heavy atom. The van der Waals surface area contributed by atoms with Gasteiger partial charge in [0.25, 0.3) is 0 Å². The quantitative estimate of drug-likeness (QED) is 0.729. The zero-order chi connectivity index (χ0) is 21.3. The fourth-order valence-electron chi connectivity index (χ4n) is 3.77. The Kier molecular flexibility index (Phi) is 4.23. The van der Waals surface area contributed by atoms with Crippen LogP contribution in [0.2, 0.25) is 0 Å². The Bertz CT molecular complexity index is 1040. The van der Waals surface area contributed by atoms with Crippen LogP contribution in [0.25, 0.3) is 10.9 Å². The molecule has 3 heterocycles. The van der Waals surface area contributed by atoms with Crippen LogP contribution < -0.4 is 5.32 Å². The summed E-state index contributed by atoms with van der Waals surface area (Å²) >= 11 is 1.30. The summed E-state index contributed by atoms with van der Waals surface area (Å²) in [6, 6.07) is 2.88. The van der Waals surface area contributed by atoms with Gasteiger partial charge in [-0.2, -0.15) is 13.2 Å². The number of carbonyl (C=O) groups excluding carboxylic acids is 1. The van der Waals surface area contributed by atoms with Gasteiger partial charge in [-0.3, -0.25) is 4.79 Å². The predicted octanol–water partition coefficient (Wildman–Crippen LogP) is 2.88. The molecular formula is C18H17F3N4O3S. The van der Waals surface area contributed by atoms with Gasteiger partial charge in [-0.05, 0) is 32.9 Å². The minimum absolute atomic E-state index is 0.0961. The van der Waals surface area contributed by atoms with E-state index in [9.17, 15) is 27.9 Å². The van der Waals surface area contributed by atoms with Gasteiger partial charge in [0.2, 0.25) is 11.7 Å². The second kappa shape index (κ2) is 6.22.